The zero-order valence-corrected chi connectivity index (χ0v) is 16.2. The molecule has 0 saturated heterocycles. The molecule has 1 aromatic heterocycles. The predicted molar refractivity (Wildman–Crippen MR) is 108 cm³/mol. The number of nitrogens with zero attached hydrogens (tertiary/aromatic N) is 3. The van der Waals surface area contributed by atoms with Gasteiger partial charge in [-0.15, -0.1) is 5.11 Å². The van der Waals surface area contributed by atoms with E-state index < -0.39 is 17.8 Å². The predicted octanol–water partition coefficient (Wildman–Crippen LogP) is 3.93. The van der Waals surface area contributed by atoms with E-state index >= 15 is 0 Å². The highest BCUT2D eigenvalue weighted by Gasteiger charge is 2.33. The van der Waals surface area contributed by atoms with Crippen molar-refractivity contribution in [1.29, 1.82) is 5.53 Å². The Balaban J connectivity index is 3.10. The maximum Gasteiger partial charge on any atom is 0.307 e. The number of carboxylic acids is 1. The Hall–Kier alpha value is -3.29. The Morgan fingerprint density at radius 3 is 2.54 bits per heavy atom. The summed E-state index contributed by atoms with van der Waals surface area (Å²) in [6.07, 6.45) is 7.06. The van der Waals surface area contributed by atoms with E-state index in [1.807, 2.05) is 13.8 Å². The summed E-state index contributed by atoms with van der Waals surface area (Å²) in [4.78, 5) is 16.1. The van der Waals surface area contributed by atoms with Gasteiger partial charge in [0.2, 0.25) is 5.88 Å². The van der Waals surface area contributed by atoms with Gasteiger partial charge in [-0.1, -0.05) is 39.1 Å². The van der Waals surface area contributed by atoms with Crippen molar-refractivity contribution in [3.05, 3.63) is 61.0 Å². The molecular weight excluding hydrogens is 358 g/mol. The van der Waals surface area contributed by atoms with Crippen molar-refractivity contribution in [3.8, 4) is 5.88 Å². The molecule has 0 aliphatic rings. The number of allylic oxidation sites excluding steroid dienone is 3. The molecule has 1 heterocycles. The number of ether oxygens (including phenoxy) is 1. The fourth-order valence-electron chi connectivity index (χ4n) is 2.79. The van der Waals surface area contributed by atoms with Gasteiger partial charge in [-0.05, 0) is 36.5 Å². The minimum absolute atomic E-state index is 0.00348. The number of aliphatic carboxylic acids is 1. The van der Waals surface area contributed by atoms with Crippen LogP contribution in [0.1, 0.15) is 25.8 Å². The van der Waals surface area contributed by atoms with Gasteiger partial charge in [0.15, 0.2) is 5.84 Å². The lowest BCUT2D eigenvalue weighted by molar-refractivity contribution is -0.143. The minimum Gasteiger partial charge on any atom is -0.481 e. The normalized spacial score (nSPS) is 14.2. The van der Waals surface area contributed by atoms with Crippen molar-refractivity contribution >= 4 is 11.8 Å². The van der Waals surface area contributed by atoms with E-state index in [1.54, 1.807) is 30.5 Å². The number of pyridine rings is 1. The third-order valence-corrected chi connectivity index (χ3v) is 4.07. The van der Waals surface area contributed by atoms with Crippen LogP contribution in [0, 0.1) is 23.3 Å². The third kappa shape index (κ3) is 6.79. The second kappa shape index (κ2) is 11.4. The molecule has 2 atom stereocenters. The molecule has 150 valence electrons. The van der Waals surface area contributed by atoms with Gasteiger partial charge in [0.05, 0.1) is 5.92 Å². The average Bonchev–Trinajstić information content (AvgIpc) is 2.67. The summed E-state index contributed by atoms with van der Waals surface area (Å²) in [5, 5.41) is 16.5. The van der Waals surface area contributed by atoms with Crippen LogP contribution in [0.25, 0.3) is 0 Å². The molecule has 8 nitrogen and oxygen atoms in total. The first kappa shape index (κ1) is 22.8. The Labute approximate surface area is 165 Å². The lowest BCUT2D eigenvalue weighted by Crippen LogP contribution is -2.32. The maximum atomic E-state index is 11.8. The molecule has 4 N–H and O–H groups in total. The number of carbonyl (C=O) groups is 1. The molecule has 0 aromatic carbocycles. The number of rotatable bonds is 11. The van der Waals surface area contributed by atoms with Crippen LogP contribution in [0.5, 0.6) is 5.88 Å². The first-order valence-corrected chi connectivity index (χ1v) is 8.82. The maximum absolute atomic E-state index is 11.8. The van der Waals surface area contributed by atoms with Crippen LogP contribution in [0.3, 0.4) is 0 Å². The van der Waals surface area contributed by atoms with Gasteiger partial charge in [0, 0.05) is 18.2 Å². The Bertz CT molecular complexity index is 754. The van der Waals surface area contributed by atoms with Crippen molar-refractivity contribution in [2.45, 2.75) is 26.7 Å². The van der Waals surface area contributed by atoms with Crippen LogP contribution in [-0.2, 0) is 11.2 Å². The summed E-state index contributed by atoms with van der Waals surface area (Å²) in [6.45, 7) is 11.1. The number of carboxylic acid groups (broad SMARTS) is 1. The summed E-state index contributed by atoms with van der Waals surface area (Å²) in [6, 6.07) is 3.44. The highest BCUT2D eigenvalue weighted by molar-refractivity contribution is 5.89. The van der Waals surface area contributed by atoms with Gasteiger partial charge in [-0.3, -0.25) is 4.79 Å². The average molecular weight is 385 g/mol. The summed E-state index contributed by atoms with van der Waals surface area (Å²) in [5.74, 6) is 3.98. The topological polar surface area (TPSA) is 134 Å². The van der Waals surface area contributed by atoms with Crippen LogP contribution >= 0.6 is 0 Å². The standard InChI is InChI=1S/C20H27N5O3/c1-5-7-15(6-2)28-18-9-8-14(12-23-18)11-16(19(24-21)25-22)17(20(26)27)10-13(3)4/h5-9,12-13,16-17,21H,1-2,10-11,22H2,3-4H3,(H,26,27)/b15-7+,24-21?,25-19?/t16-,17-/m0/s1. The molecule has 8 heteroatoms. The number of hydrazone groups is 1. The molecule has 1 aromatic rings. The number of hydrogen-bond acceptors (Lipinski definition) is 6. The number of amidine groups is 1. The molecule has 0 spiro atoms. The van der Waals surface area contributed by atoms with E-state index in [2.05, 4.69) is 28.4 Å². The fraction of sp³-hybridized carbons (Fsp3) is 0.350. The SMILES string of the molecule is C=C/C=C(\C=C)Oc1ccc(C[C@H](C(N=N)=NN)[C@H](CC(C)C)C(=O)O)cn1. The first-order valence-electron chi connectivity index (χ1n) is 8.82. The molecule has 0 unspecified atom stereocenters. The molecule has 0 aliphatic carbocycles. The third-order valence-electron chi connectivity index (χ3n) is 4.07. The molecule has 0 aliphatic heterocycles. The van der Waals surface area contributed by atoms with E-state index in [4.69, 9.17) is 16.1 Å². The molecule has 0 fully saturated rings. The van der Waals surface area contributed by atoms with Gasteiger partial charge in [-0.2, -0.15) is 5.10 Å². The van der Waals surface area contributed by atoms with Crippen molar-refractivity contribution in [2.24, 2.45) is 33.8 Å². The zero-order valence-electron chi connectivity index (χ0n) is 16.2. The summed E-state index contributed by atoms with van der Waals surface area (Å²) >= 11 is 0. The summed E-state index contributed by atoms with van der Waals surface area (Å²) in [7, 11) is 0. The molecule has 0 saturated carbocycles. The highest BCUT2D eigenvalue weighted by atomic mass is 16.5. The second-order valence-corrected chi connectivity index (χ2v) is 6.60. The number of aromatic nitrogens is 1. The summed E-state index contributed by atoms with van der Waals surface area (Å²) in [5.41, 5.74) is 8.06. The van der Waals surface area contributed by atoms with Gasteiger partial charge in [0.25, 0.3) is 0 Å². The number of nitrogens with two attached hydrogens (primary N) is 1. The molecule has 28 heavy (non-hydrogen) atoms. The van der Waals surface area contributed by atoms with Gasteiger partial charge in [0.1, 0.15) is 5.76 Å². The van der Waals surface area contributed by atoms with Crippen molar-refractivity contribution in [3.63, 3.8) is 0 Å². The van der Waals surface area contributed by atoms with E-state index in [0.29, 0.717) is 18.1 Å². The molecular formula is C20H27N5O3. The van der Waals surface area contributed by atoms with E-state index in [0.717, 1.165) is 5.56 Å². The van der Waals surface area contributed by atoms with Crippen LogP contribution in [0.4, 0.5) is 0 Å². The summed E-state index contributed by atoms with van der Waals surface area (Å²) < 4.78 is 5.57. The smallest absolute Gasteiger partial charge is 0.307 e. The van der Waals surface area contributed by atoms with Crippen molar-refractivity contribution in [2.75, 3.05) is 0 Å². The van der Waals surface area contributed by atoms with Crippen LogP contribution in [0.15, 0.2) is 65.7 Å². The number of hydrogen-bond donors (Lipinski definition) is 3. The quantitative estimate of drug-likeness (QED) is 0.101. The number of nitrogens with one attached hydrogen (secondary N) is 1. The van der Waals surface area contributed by atoms with Gasteiger partial charge in [-0.25, -0.2) is 10.5 Å². The van der Waals surface area contributed by atoms with Crippen LogP contribution in [-0.4, -0.2) is 21.9 Å². The van der Waals surface area contributed by atoms with Gasteiger partial charge >= 0.3 is 5.97 Å². The molecule has 0 bridgehead atoms. The van der Waals surface area contributed by atoms with E-state index in [-0.39, 0.29) is 18.2 Å². The molecule has 1 rings (SSSR count). The second-order valence-electron chi connectivity index (χ2n) is 6.60. The van der Waals surface area contributed by atoms with Crippen LogP contribution in [0.2, 0.25) is 0 Å². The van der Waals surface area contributed by atoms with Crippen molar-refractivity contribution < 1.29 is 14.6 Å². The highest BCUT2D eigenvalue weighted by Crippen LogP contribution is 2.27. The zero-order chi connectivity index (χ0) is 21.1. The van der Waals surface area contributed by atoms with E-state index in [9.17, 15) is 9.90 Å². The first-order chi connectivity index (χ1) is 13.4. The minimum atomic E-state index is -0.971. The molecule has 0 amide bonds. The van der Waals surface area contributed by atoms with Gasteiger partial charge < -0.3 is 15.7 Å². The largest absolute Gasteiger partial charge is 0.481 e. The van der Waals surface area contributed by atoms with E-state index in [1.165, 1.54) is 6.08 Å². The lowest BCUT2D eigenvalue weighted by Gasteiger charge is -2.24. The monoisotopic (exact) mass is 385 g/mol. The van der Waals surface area contributed by atoms with Crippen molar-refractivity contribution in [1.82, 2.24) is 4.98 Å². The Kier molecular flexibility index (Phi) is 9.29. The Morgan fingerprint density at radius 2 is 2.11 bits per heavy atom. The fourth-order valence-corrected chi connectivity index (χ4v) is 2.79. The van der Waals surface area contributed by atoms with Crippen LogP contribution < -0.4 is 10.6 Å². The Morgan fingerprint density at radius 1 is 1.39 bits per heavy atom. The lowest BCUT2D eigenvalue weighted by atomic mass is 9.81. The molecule has 0 radical (unpaired) electrons.